The van der Waals surface area contributed by atoms with E-state index in [-0.39, 0.29) is 19.0 Å². The van der Waals surface area contributed by atoms with Crippen molar-refractivity contribution in [2.75, 3.05) is 13.1 Å². The molecule has 1 atom stereocenters. The van der Waals surface area contributed by atoms with Crippen molar-refractivity contribution in [2.24, 2.45) is 5.73 Å². The smallest absolute Gasteiger partial charge is 0.216 e. The van der Waals surface area contributed by atoms with Gasteiger partial charge in [0, 0.05) is 20.0 Å². The van der Waals surface area contributed by atoms with Crippen LogP contribution in [0.3, 0.4) is 0 Å². The number of hydrogen-bond acceptors (Lipinski definition) is 3. The maximum absolute atomic E-state index is 10.2. The third-order valence-electron chi connectivity index (χ3n) is 0.859. The van der Waals surface area contributed by atoms with Crippen molar-refractivity contribution < 1.29 is 9.90 Å². The SMILES string of the molecule is CC(=O)NCC(O)CN. The van der Waals surface area contributed by atoms with Crippen LogP contribution in [0, 0.1) is 0 Å². The van der Waals surface area contributed by atoms with Crippen molar-refractivity contribution >= 4 is 5.91 Å². The number of aliphatic hydroxyl groups excluding tert-OH is 1. The summed E-state index contributed by atoms with van der Waals surface area (Å²) < 4.78 is 0. The molecule has 1 unspecified atom stereocenters. The highest BCUT2D eigenvalue weighted by Crippen LogP contribution is 1.73. The summed E-state index contributed by atoms with van der Waals surface area (Å²) in [6.07, 6.45) is -0.617. The molecule has 1 amide bonds. The molecule has 0 aliphatic carbocycles. The van der Waals surface area contributed by atoms with E-state index in [1.165, 1.54) is 6.92 Å². The minimum absolute atomic E-state index is 0.150. The van der Waals surface area contributed by atoms with E-state index in [1.54, 1.807) is 0 Å². The maximum atomic E-state index is 10.2. The van der Waals surface area contributed by atoms with Gasteiger partial charge in [-0.15, -0.1) is 0 Å². The Morgan fingerprint density at radius 2 is 2.44 bits per heavy atom. The fourth-order valence-electron chi connectivity index (χ4n) is 0.345. The summed E-state index contributed by atoms with van der Waals surface area (Å²) in [6, 6.07) is 0. The average Bonchev–Trinajstić information content (AvgIpc) is 1.83. The molecule has 0 aliphatic rings. The summed E-state index contributed by atoms with van der Waals surface area (Å²) in [5.74, 6) is -0.150. The number of carbonyl (C=O) groups is 1. The Bertz CT molecular complexity index is 95.0. The number of carbonyl (C=O) groups excluding carboxylic acids is 1. The van der Waals surface area contributed by atoms with Crippen molar-refractivity contribution in [1.82, 2.24) is 5.32 Å². The van der Waals surface area contributed by atoms with Gasteiger partial charge in [0.05, 0.1) is 6.10 Å². The zero-order valence-corrected chi connectivity index (χ0v) is 5.42. The largest absolute Gasteiger partial charge is 0.390 e. The standard InChI is InChI=1S/C5H12N2O2/c1-4(8)7-3-5(9)2-6/h5,9H,2-3,6H2,1H3,(H,7,8). The Labute approximate surface area is 54.0 Å². The molecule has 0 heterocycles. The molecule has 0 rings (SSSR count). The van der Waals surface area contributed by atoms with Crippen molar-refractivity contribution in [1.29, 1.82) is 0 Å². The van der Waals surface area contributed by atoms with Crippen molar-refractivity contribution in [3.8, 4) is 0 Å². The minimum Gasteiger partial charge on any atom is -0.390 e. The van der Waals surface area contributed by atoms with Crippen LogP contribution in [-0.4, -0.2) is 30.2 Å². The second kappa shape index (κ2) is 4.29. The number of nitrogens with two attached hydrogens (primary N) is 1. The Morgan fingerprint density at radius 3 is 2.78 bits per heavy atom. The molecule has 0 aromatic rings. The van der Waals surface area contributed by atoms with E-state index in [2.05, 4.69) is 5.32 Å². The van der Waals surface area contributed by atoms with Gasteiger partial charge in [0.2, 0.25) is 5.91 Å². The van der Waals surface area contributed by atoms with E-state index in [1.807, 2.05) is 0 Å². The second-order valence-corrected chi connectivity index (χ2v) is 1.83. The van der Waals surface area contributed by atoms with Gasteiger partial charge in [-0.1, -0.05) is 0 Å². The zero-order valence-electron chi connectivity index (χ0n) is 5.42. The molecule has 0 aromatic carbocycles. The molecule has 4 nitrogen and oxygen atoms in total. The predicted octanol–water partition coefficient (Wildman–Crippen LogP) is -1.56. The van der Waals surface area contributed by atoms with Gasteiger partial charge in [-0.3, -0.25) is 4.79 Å². The third kappa shape index (κ3) is 5.26. The van der Waals surface area contributed by atoms with E-state index < -0.39 is 6.10 Å². The summed E-state index contributed by atoms with van der Waals surface area (Å²) in [5.41, 5.74) is 5.06. The topological polar surface area (TPSA) is 75.3 Å². The van der Waals surface area contributed by atoms with E-state index in [0.717, 1.165) is 0 Å². The lowest BCUT2D eigenvalue weighted by atomic mass is 10.3. The quantitative estimate of drug-likeness (QED) is 0.435. The van der Waals surface area contributed by atoms with Crippen LogP contribution in [0.25, 0.3) is 0 Å². The zero-order chi connectivity index (χ0) is 7.28. The van der Waals surface area contributed by atoms with E-state index >= 15 is 0 Å². The van der Waals surface area contributed by atoms with Crippen LogP contribution >= 0.6 is 0 Å². The summed E-state index contributed by atoms with van der Waals surface area (Å²) in [7, 11) is 0. The normalized spacial score (nSPS) is 12.8. The molecule has 9 heavy (non-hydrogen) atoms. The van der Waals surface area contributed by atoms with Crippen LogP contribution in [0.1, 0.15) is 6.92 Å². The average molecular weight is 132 g/mol. The van der Waals surface area contributed by atoms with Crippen molar-refractivity contribution in [3.63, 3.8) is 0 Å². The molecule has 0 fully saturated rings. The van der Waals surface area contributed by atoms with Gasteiger partial charge in [-0.2, -0.15) is 0 Å². The minimum atomic E-state index is -0.617. The molecule has 0 saturated carbocycles. The van der Waals surface area contributed by atoms with Gasteiger partial charge < -0.3 is 16.2 Å². The van der Waals surface area contributed by atoms with Crippen LogP contribution in [0.2, 0.25) is 0 Å². The van der Waals surface area contributed by atoms with Crippen molar-refractivity contribution in [3.05, 3.63) is 0 Å². The van der Waals surface area contributed by atoms with Crippen molar-refractivity contribution in [2.45, 2.75) is 13.0 Å². The number of hydrogen-bond donors (Lipinski definition) is 3. The first-order chi connectivity index (χ1) is 4.16. The molecule has 4 heteroatoms. The molecule has 0 bridgehead atoms. The van der Waals surface area contributed by atoms with Gasteiger partial charge in [0.15, 0.2) is 0 Å². The van der Waals surface area contributed by atoms with E-state index in [0.29, 0.717) is 0 Å². The lowest BCUT2D eigenvalue weighted by Crippen LogP contribution is -2.34. The van der Waals surface area contributed by atoms with Crippen LogP contribution in [0.15, 0.2) is 0 Å². The van der Waals surface area contributed by atoms with Crippen LogP contribution in [-0.2, 0) is 4.79 Å². The monoisotopic (exact) mass is 132 g/mol. The molecule has 54 valence electrons. The lowest BCUT2D eigenvalue weighted by molar-refractivity contribution is -0.119. The van der Waals surface area contributed by atoms with Gasteiger partial charge >= 0.3 is 0 Å². The first-order valence-corrected chi connectivity index (χ1v) is 2.79. The predicted molar refractivity (Wildman–Crippen MR) is 33.7 cm³/mol. The van der Waals surface area contributed by atoms with E-state index in [4.69, 9.17) is 10.8 Å². The lowest BCUT2D eigenvalue weighted by Gasteiger charge is -2.06. The molecule has 4 N–H and O–H groups in total. The summed E-state index contributed by atoms with van der Waals surface area (Å²) in [5, 5.41) is 11.2. The maximum Gasteiger partial charge on any atom is 0.216 e. The van der Waals surface area contributed by atoms with Crippen LogP contribution in [0.5, 0.6) is 0 Å². The highest BCUT2D eigenvalue weighted by atomic mass is 16.3. The molecule has 0 spiro atoms. The molecule has 0 radical (unpaired) electrons. The number of nitrogens with one attached hydrogen (secondary N) is 1. The van der Waals surface area contributed by atoms with Gasteiger partial charge in [-0.05, 0) is 0 Å². The summed E-state index contributed by atoms with van der Waals surface area (Å²) in [4.78, 5) is 10.2. The third-order valence-corrected chi connectivity index (χ3v) is 0.859. The van der Waals surface area contributed by atoms with Crippen LogP contribution in [0.4, 0.5) is 0 Å². The Hall–Kier alpha value is -0.610. The van der Waals surface area contributed by atoms with Gasteiger partial charge in [0.1, 0.15) is 0 Å². The highest BCUT2D eigenvalue weighted by molar-refractivity contribution is 5.72. The van der Waals surface area contributed by atoms with Gasteiger partial charge in [0.25, 0.3) is 0 Å². The van der Waals surface area contributed by atoms with E-state index in [9.17, 15) is 4.79 Å². The fourth-order valence-corrected chi connectivity index (χ4v) is 0.345. The molecular formula is C5H12N2O2. The Balaban J connectivity index is 3.16. The van der Waals surface area contributed by atoms with Crippen LogP contribution < -0.4 is 11.1 Å². The molecular weight excluding hydrogens is 120 g/mol. The van der Waals surface area contributed by atoms with Gasteiger partial charge in [-0.25, -0.2) is 0 Å². The number of rotatable bonds is 3. The Morgan fingerprint density at radius 1 is 1.89 bits per heavy atom. The Kier molecular flexibility index (Phi) is 4.00. The summed E-state index contributed by atoms with van der Waals surface area (Å²) in [6.45, 7) is 1.81. The highest BCUT2D eigenvalue weighted by Gasteiger charge is 1.99. The first-order valence-electron chi connectivity index (χ1n) is 2.79. The summed E-state index contributed by atoms with van der Waals surface area (Å²) >= 11 is 0. The number of amides is 1. The molecule has 0 aromatic heterocycles. The fraction of sp³-hybridized carbons (Fsp3) is 0.800. The first kappa shape index (κ1) is 8.39. The molecule has 0 saturated heterocycles. The molecule has 0 aliphatic heterocycles. The second-order valence-electron chi connectivity index (χ2n) is 1.83. The number of aliphatic hydroxyl groups is 1.